The van der Waals surface area contributed by atoms with Gasteiger partial charge in [0.1, 0.15) is 27.0 Å². The predicted molar refractivity (Wildman–Crippen MR) is 226 cm³/mol. The SMILES string of the molecule is COc1ccc(CN(Cc2ccc(OC)cc2)S(=O)(=O)c2c(S(=O)(=O)N[C@@H](CO)CN(C(=O)O)C(C)(C)C)ccc(I)c2-c2nnn(Cc3ccc(OC)cc3)n2)cc1. The van der Waals surface area contributed by atoms with Gasteiger partial charge in [-0.15, -0.1) is 10.2 Å². The maximum Gasteiger partial charge on any atom is 0.407 e. The van der Waals surface area contributed by atoms with E-state index in [-0.39, 0.29) is 31.0 Å². The summed E-state index contributed by atoms with van der Waals surface area (Å²) < 4.78 is 79.7. The maximum absolute atomic E-state index is 15.5. The second-order valence-electron chi connectivity index (χ2n) is 14.3. The first-order valence-electron chi connectivity index (χ1n) is 18.0. The third-order valence-corrected chi connectivity index (χ3v) is 13.6. The van der Waals surface area contributed by atoms with Gasteiger partial charge in [0.2, 0.25) is 25.9 Å². The number of sulfonamides is 2. The fourth-order valence-corrected chi connectivity index (χ4v) is 10.5. The molecule has 59 heavy (non-hydrogen) atoms. The second kappa shape index (κ2) is 19.0. The molecule has 5 rings (SSSR count). The van der Waals surface area contributed by atoms with Crippen molar-refractivity contribution < 1.29 is 46.1 Å². The fourth-order valence-electron chi connectivity index (χ4n) is 6.02. The highest BCUT2D eigenvalue weighted by atomic mass is 127. The van der Waals surface area contributed by atoms with Crippen molar-refractivity contribution in [1.29, 1.82) is 0 Å². The zero-order valence-electron chi connectivity index (χ0n) is 33.2. The van der Waals surface area contributed by atoms with E-state index in [1.165, 1.54) is 25.1 Å². The Morgan fingerprint density at radius 3 is 1.75 bits per heavy atom. The molecule has 0 spiro atoms. The lowest BCUT2D eigenvalue weighted by Crippen LogP contribution is -2.53. The van der Waals surface area contributed by atoms with E-state index in [0.29, 0.717) is 31.9 Å². The van der Waals surface area contributed by atoms with E-state index >= 15 is 8.42 Å². The largest absolute Gasteiger partial charge is 0.497 e. The molecule has 0 fully saturated rings. The molecule has 4 aromatic carbocycles. The van der Waals surface area contributed by atoms with E-state index in [1.54, 1.807) is 101 Å². The fraction of sp³-hybridized carbons (Fsp3) is 0.333. The number of carbonyl (C=O) groups is 1. The van der Waals surface area contributed by atoms with Crippen LogP contribution in [0.4, 0.5) is 4.79 Å². The van der Waals surface area contributed by atoms with Gasteiger partial charge in [0.15, 0.2) is 0 Å². The Balaban J connectivity index is 1.70. The van der Waals surface area contributed by atoms with Gasteiger partial charge in [-0.3, -0.25) is 0 Å². The lowest BCUT2D eigenvalue weighted by atomic mass is 10.1. The number of carboxylic acid groups (broad SMARTS) is 1. The zero-order chi connectivity index (χ0) is 43.1. The second-order valence-corrected chi connectivity index (χ2v) is 19.0. The Hall–Kier alpha value is -4.87. The Morgan fingerprint density at radius 1 is 0.814 bits per heavy atom. The van der Waals surface area contributed by atoms with E-state index in [2.05, 4.69) is 20.1 Å². The summed E-state index contributed by atoms with van der Waals surface area (Å²) in [4.78, 5) is 13.1. The van der Waals surface area contributed by atoms with Gasteiger partial charge in [-0.2, -0.15) is 9.10 Å². The van der Waals surface area contributed by atoms with Crippen molar-refractivity contribution in [3.63, 3.8) is 0 Å². The molecule has 17 nitrogen and oxygen atoms in total. The summed E-state index contributed by atoms with van der Waals surface area (Å²) in [6.45, 7) is 3.34. The minimum Gasteiger partial charge on any atom is -0.497 e. The average Bonchev–Trinajstić information content (AvgIpc) is 3.66. The molecule has 0 aliphatic heterocycles. The number of nitrogens with one attached hydrogen (secondary N) is 1. The Labute approximate surface area is 357 Å². The van der Waals surface area contributed by atoms with Crippen molar-refractivity contribution in [1.82, 2.24) is 34.1 Å². The minimum absolute atomic E-state index is 0.133. The molecular formula is C39H46IN7O10S2. The smallest absolute Gasteiger partial charge is 0.407 e. The summed E-state index contributed by atoms with van der Waals surface area (Å²) in [5, 5.41) is 33.2. The summed E-state index contributed by atoms with van der Waals surface area (Å²) in [5.41, 5.74) is 0.812. The number of tetrazole rings is 1. The number of benzene rings is 4. The van der Waals surface area contributed by atoms with E-state index < -0.39 is 60.7 Å². The van der Waals surface area contributed by atoms with Crippen LogP contribution in [0.2, 0.25) is 0 Å². The molecule has 0 aliphatic rings. The Kier molecular flexibility index (Phi) is 14.6. The minimum atomic E-state index is -4.86. The first-order chi connectivity index (χ1) is 27.9. The van der Waals surface area contributed by atoms with Gasteiger partial charge >= 0.3 is 6.09 Å². The van der Waals surface area contributed by atoms with Crippen LogP contribution in [0.15, 0.2) is 94.7 Å². The third-order valence-electron chi connectivity index (χ3n) is 9.14. The van der Waals surface area contributed by atoms with Crippen molar-refractivity contribution in [2.75, 3.05) is 34.5 Å². The zero-order valence-corrected chi connectivity index (χ0v) is 37.0. The molecule has 0 aliphatic carbocycles. The quantitative estimate of drug-likeness (QED) is 0.101. The van der Waals surface area contributed by atoms with Gasteiger partial charge in [0, 0.05) is 28.7 Å². The van der Waals surface area contributed by atoms with Crippen molar-refractivity contribution in [2.45, 2.75) is 61.8 Å². The molecule has 20 heteroatoms. The molecule has 1 amide bonds. The molecule has 1 atom stereocenters. The standard InChI is InChI=1S/C39H46IN7O10S2/c1-39(2,3)46(38(49)50)24-29(25-48)43-58(51,52)34-20-19-33(40)35(37-41-44-47(42-37)23-28-11-17-32(57-6)18-12-28)36(34)59(53,54)45(21-26-7-13-30(55-4)14-8-26)22-27-9-15-31(56-5)16-10-27/h7-20,29,43,48H,21-25H2,1-6H3,(H,49,50)/t29-/m1/s1. The first-order valence-corrected chi connectivity index (χ1v) is 22.0. The third kappa shape index (κ3) is 11.0. The Bertz CT molecular complexity index is 2390. The lowest BCUT2D eigenvalue weighted by molar-refractivity contribution is 0.0878. The van der Waals surface area contributed by atoms with Crippen LogP contribution < -0.4 is 18.9 Å². The summed E-state index contributed by atoms with van der Waals surface area (Å²) >= 11 is 1.90. The molecule has 1 aromatic heterocycles. The number of rotatable bonds is 18. The van der Waals surface area contributed by atoms with Crippen molar-refractivity contribution in [2.24, 2.45) is 0 Å². The average molecular weight is 964 g/mol. The molecule has 5 aromatic rings. The maximum atomic E-state index is 15.5. The summed E-state index contributed by atoms with van der Waals surface area (Å²) in [7, 11) is -5.15. The molecular weight excluding hydrogens is 918 g/mol. The van der Waals surface area contributed by atoms with Gasteiger partial charge in [0.25, 0.3) is 0 Å². The lowest BCUT2D eigenvalue weighted by Gasteiger charge is -2.35. The van der Waals surface area contributed by atoms with Crippen LogP contribution >= 0.6 is 22.6 Å². The molecule has 0 bridgehead atoms. The van der Waals surface area contributed by atoms with Gasteiger partial charge in [-0.05, 0) is 114 Å². The first kappa shape index (κ1) is 45.2. The van der Waals surface area contributed by atoms with Crippen LogP contribution in [0, 0.1) is 3.57 Å². The number of ether oxygens (including phenoxy) is 3. The predicted octanol–water partition coefficient (Wildman–Crippen LogP) is 4.83. The number of aromatic nitrogens is 4. The number of hydrogen-bond donors (Lipinski definition) is 3. The number of hydrogen-bond acceptors (Lipinski definition) is 12. The molecule has 0 saturated carbocycles. The highest BCUT2D eigenvalue weighted by molar-refractivity contribution is 14.1. The summed E-state index contributed by atoms with van der Waals surface area (Å²) in [6.07, 6.45) is -1.34. The van der Waals surface area contributed by atoms with Crippen LogP contribution in [-0.4, -0.2) is 109 Å². The highest BCUT2D eigenvalue weighted by Gasteiger charge is 2.39. The number of aliphatic hydroxyl groups excluding tert-OH is 1. The van der Waals surface area contributed by atoms with Gasteiger partial charge in [0.05, 0.1) is 46.1 Å². The molecule has 0 saturated heterocycles. The van der Waals surface area contributed by atoms with E-state index in [4.69, 9.17) is 14.2 Å². The normalized spacial score (nSPS) is 12.6. The van der Waals surface area contributed by atoms with Crippen LogP contribution in [0.5, 0.6) is 17.2 Å². The van der Waals surface area contributed by atoms with Crippen molar-refractivity contribution in [3.8, 4) is 28.6 Å². The number of nitrogens with zero attached hydrogens (tertiary/aromatic N) is 6. The number of methoxy groups -OCH3 is 3. The van der Waals surface area contributed by atoms with Crippen LogP contribution in [0.3, 0.4) is 0 Å². The number of amides is 1. The molecule has 1 heterocycles. The van der Waals surface area contributed by atoms with E-state index in [0.717, 1.165) is 20.8 Å². The number of halogens is 1. The van der Waals surface area contributed by atoms with Crippen LogP contribution in [0.1, 0.15) is 37.5 Å². The van der Waals surface area contributed by atoms with Gasteiger partial charge < -0.3 is 29.3 Å². The van der Waals surface area contributed by atoms with Crippen molar-refractivity contribution in [3.05, 3.63) is 105 Å². The molecule has 3 N–H and O–H groups in total. The van der Waals surface area contributed by atoms with E-state index in [9.17, 15) is 23.4 Å². The van der Waals surface area contributed by atoms with Crippen LogP contribution in [-0.2, 0) is 39.7 Å². The summed E-state index contributed by atoms with van der Waals surface area (Å²) in [5.74, 6) is 1.57. The monoisotopic (exact) mass is 963 g/mol. The molecule has 0 radical (unpaired) electrons. The van der Waals surface area contributed by atoms with E-state index in [1.807, 2.05) is 22.6 Å². The van der Waals surface area contributed by atoms with Gasteiger partial charge in [-0.25, -0.2) is 26.4 Å². The topological polar surface area (TPSA) is 216 Å². The summed E-state index contributed by atoms with van der Waals surface area (Å²) in [6, 6.07) is 21.9. The molecule has 0 unspecified atom stereocenters. The Morgan fingerprint density at radius 2 is 1.31 bits per heavy atom. The molecule has 316 valence electrons. The van der Waals surface area contributed by atoms with Crippen molar-refractivity contribution >= 4 is 48.7 Å². The van der Waals surface area contributed by atoms with Crippen LogP contribution in [0.25, 0.3) is 11.4 Å². The number of aliphatic hydroxyl groups is 1. The highest BCUT2D eigenvalue weighted by Crippen LogP contribution is 2.38. The van der Waals surface area contributed by atoms with Gasteiger partial charge in [-0.1, -0.05) is 36.4 Å².